The van der Waals surface area contributed by atoms with Gasteiger partial charge in [-0.25, -0.2) is 9.59 Å². The first-order valence-electron chi connectivity index (χ1n) is 5.97. The number of halogens is 1. The highest BCUT2D eigenvalue weighted by Gasteiger charge is 2.36. The zero-order valence-corrected chi connectivity index (χ0v) is 12.4. The van der Waals surface area contributed by atoms with Crippen LogP contribution < -0.4 is 10.6 Å². The fourth-order valence-electron chi connectivity index (χ4n) is 1.66. The van der Waals surface area contributed by atoms with E-state index in [2.05, 4.69) is 10.6 Å². The van der Waals surface area contributed by atoms with Crippen molar-refractivity contribution in [3.8, 4) is 0 Å². The Morgan fingerprint density at radius 1 is 1.37 bits per heavy atom. The third kappa shape index (κ3) is 4.11. The van der Waals surface area contributed by atoms with Gasteiger partial charge in [-0.2, -0.15) is 0 Å². The number of aliphatic carboxylic acids is 1. The molecule has 0 radical (unpaired) electrons. The van der Waals surface area contributed by atoms with Crippen molar-refractivity contribution in [2.45, 2.75) is 38.8 Å². The molecule has 0 aromatic carbocycles. The van der Waals surface area contributed by atoms with Gasteiger partial charge in [0.2, 0.25) is 0 Å². The van der Waals surface area contributed by atoms with Crippen LogP contribution in [-0.2, 0) is 11.3 Å². The van der Waals surface area contributed by atoms with E-state index < -0.39 is 17.5 Å². The summed E-state index contributed by atoms with van der Waals surface area (Å²) in [6.07, 6.45) is 0.661. The highest BCUT2D eigenvalue weighted by atomic mass is 35.5. The summed E-state index contributed by atoms with van der Waals surface area (Å²) in [5.74, 6) is -1.02. The van der Waals surface area contributed by atoms with Gasteiger partial charge in [-0.05, 0) is 25.0 Å². The predicted molar refractivity (Wildman–Crippen MR) is 75.6 cm³/mol. The molecule has 0 aliphatic heterocycles. The van der Waals surface area contributed by atoms with Crippen LogP contribution in [-0.4, -0.2) is 22.6 Å². The minimum absolute atomic E-state index is 0.326. The van der Waals surface area contributed by atoms with Crippen LogP contribution in [0.15, 0.2) is 12.1 Å². The lowest BCUT2D eigenvalue weighted by atomic mass is 9.93. The Bertz CT molecular complexity index is 458. The normalized spacial score (nSPS) is 11.1. The summed E-state index contributed by atoms with van der Waals surface area (Å²) < 4.78 is 0.652. The molecule has 7 heteroatoms. The van der Waals surface area contributed by atoms with E-state index in [1.165, 1.54) is 11.3 Å². The second-order valence-corrected chi connectivity index (χ2v) is 5.91. The van der Waals surface area contributed by atoms with Gasteiger partial charge in [0.05, 0.1) is 10.9 Å². The van der Waals surface area contributed by atoms with Gasteiger partial charge in [0, 0.05) is 4.88 Å². The third-order valence-corrected chi connectivity index (χ3v) is 4.25. The minimum Gasteiger partial charge on any atom is -0.480 e. The monoisotopic (exact) mass is 304 g/mol. The maximum atomic E-state index is 11.7. The molecule has 1 rings (SSSR count). The number of carboxylic acids is 1. The standard InChI is InChI=1S/C12H17ClN2O3S/c1-3-12(4-2,10(16)17)15-11(18)14-7-8-5-6-9(13)19-8/h5-6H,3-4,7H2,1-2H3,(H,16,17)(H2,14,15,18). The number of carbonyl (C=O) groups excluding carboxylic acids is 1. The lowest BCUT2D eigenvalue weighted by Crippen LogP contribution is -2.56. The largest absolute Gasteiger partial charge is 0.480 e. The molecule has 0 saturated carbocycles. The summed E-state index contributed by atoms with van der Waals surface area (Å²) in [6.45, 7) is 3.79. The van der Waals surface area contributed by atoms with E-state index in [-0.39, 0.29) is 0 Å². The maximum Gasteiger partial charge on any atom is 0.329 e. The highest BCUT2D eigenvalue weighted by molar-refractivity contribution is 7.16. The third-order valence-electron chi connectivity index (χ3n) is 3.02. The average molecular weight is 305 g/mol. The topological polar surface area (TPSA) is 78.4 Å². The summed E-state index contributed by atoms with van der Waals surface area (Å²) in [7, 11) is 0. The van der Waals surface area contributed by atoms with Gasteiger partial charge in [-0.3, -0.25) is 0 Å². The van der Waals surface area contributed by atoms with Gasteiger partial charge < -0.3 is 15.7 Å². The van der Waals surface area contributed by atoms with Crippen molar-refractivity contribution in [1.82, 2.24) is 10.6 Å². The Morgan fingerprint density at radius 3 is 2.42 bits per heavy atom. The minimum atomic E-state index is -1.21. The molecule has 0 bridgehead atoms. The number of hydrogen-bond donors (Lipinski definition) is 3. The van der Waals surface area contributed by atoms with E-state index in [1.54, 1.807) is 19.9 Å². The van der Waals surface area contributed by atoms with Gasteiger partial charge >= 0.3 is 12.0 Å². The smallest absolute Gasteiger partial charge is 0.329 e. The summed E-state index contributed by atoms with van der Waals surface area (Å²) >= 11 is 7.15. The Balaban J connectivity index is 2.56. The molecule has 0 spiro atoms. The van der Waals surface area contributed by atoms with Crippen LogP contribution in [0.2, 0.25) is 4.34 Å². The van der Waals surface area contributed by atoms with Gasteiger partial charge in [-0.15, -0.1) is 11.3 Å². The van der Waals surface area contributed by atoms with Gasteiger partial charge in [0.25, 0.3) is 0 Å². The molecule has 0 atom stereocenters. The molecule has 5 nitrogen and oxygen atoms in total. The molecule has 19 heavy (non-hydrogen) atoms. The van der Waals surface area contributed by atoms with Crippen LogP contribution in [0, 0.1) is 0 Å². The number of carboxylic acid groups (broad SMARTS) is 1. The average Bonchev–Trinajstić information content (AvgIpc) is 2.79. The molecule has 0 fully saturated rings. The van der Waals surface area contributed by atoms with Gasteiger partial charge in [0.1, 0.15) is 5.54 Å². The number of amides is 2. The highest BCUT2D eigenvalue weighted by Crippen LogP contribution is 2.21. The van der Waals surface area contributed by atoms with Crippen molar-refractivity contribution < 1.29 is 14.7 Å². The first-order valence-corrected chi connectivity index (χ1v) is 7.16. The number of rotatable bonds is 6. The molecule has 2 amide bonds. The number of thiophene rings is 1. The zero-order valence-electron chi connectivity index (χ0n) is 10.8. The lowest BCUT2D eigenvalue weighted by Gasteiger charge is -2.27. The fourth-order valence-corrected chi connectivity index (χ4v) is 2.69. The first kappa shape index (κ1) is 15.8. The van der Waals surface area contributed by atoms with Crippen LogP contribution in [0.4, 0.5) is 4.79 Å². The molecule has 0 saturated heterocycles. The molecule has 1 aromatic rings. The van der Waals surface area contributed by atoms with E-state index in [9.17, 15) is 14.7 Å². The Labute approximate surface area is 121 Å². The maximum absolute atomic E-state index is 11.7. The summed E-state index contributed by atoms with van der Waals surface area (Å²) in [5, 5.41) is 14.4. The molecule has 1 aromatic heterocycles. The fraction of sp³-hybridized carbons (Fsp3) is 0.500. The second kappa shape index (κ2) is 6.77. The summed E-state index contributed by atoms with van der Waals surface area (Å²) in [5.41, 5.74) is -1.21. The summed E-state index contributed by atoms with van der Waals surface area (Å²) in [6, 6.07) is 3.08. The lowest BCUT2D eigenvalue weighted by molar-refractivity contribution is -0.144. The molecule has 0 aliphatic carbocycles. The molecule has 106 valence electrons. The van der Waals surface area contributed by atoms with E-state index >= 15 is 0 Å². The van der Waals surface area contributed by atoms with E-state index in [1.807, 2.05) is 6.07 Å². The molecule has 0 aliphatic rings. The van der Waals surface area contributed by atoms with Crippen LogP contribution >= 0.6 is 22.9 Å². The Hall–Kier alpha value is -1.27. The summed E-state index contributed by atoms with van der Waals surface area (Å²) in [4.78, 5) is 23.9. The van der Waals surface area contributed by atoms with Crippen molar-refractivity contribution in [1.29, 1.82) is 0 Å². The van der Waals surface area contributed by atoms with Crippen LogP contribution in [0.25, 0.3) is 0 Å². The molecular weight excluding hydrogens is 288 g/mol. The van der Waals surface area contributed by atoms with E-state index in [0.717, 1.165) is 4.88 Å². The van der Waals surface area contributed by atoms with Gasteiger partial charge in [0.15, 0.2) is 0 Å². The van der Waals surface area contributed by atoms with E-state index in [0.29, 0.717) is 23.7 Å². The van der Waals surface area contributed by atoms with Crippen LogP contribution in [0.5, 0.6) is 0 Å². The van der Waals surface area contributed by atoms with Crippen molar-refractivity contribution in [3.05, 3.63) is 21.3 Å². The number of carbonyl (C=O) groups is 2. The SMILES string of the molecule is CCC(CC)(NC(=O)NCc1ccc(Cl)s1)C(=O)O. The number of hydrogen-bond acceptors (Lipinski definition) is 3. The molecule has 3 N–H and O–H groups in total. The van der Waals surface area contributed by atoms with Crippen molar-refractivity contribution in [3.63, 3.8) is 0 Å². The second-order valence-electron chi connectivity index (χ2n) is 4.11. The quantitative estimate of drug-likeness (QED) is 0.756. The molecule has 1 heterocycles. The predicted octanol–water partition coefficient (Wildman–Crippen LogP) is 2.84. The first-order chi connectivity index (χ1) is 8.93. The van der Waals surface area contributed by atoms with Crippen molar-refractivity contribution >= 4 is 34.9 Å². The Kier molecular flexibility index (Phi) is 5.62. The van der Waals surface area contributed by atoms with E-state index in [4.69, 9.17) is 11.6 Å². The van der Waals surface area contributed by atoms with Crippen LogP contribution in [0.1, 0.15) is 31.6 Å². The Morgan fingerprint density at radius 2 is 2.00 bits per heavy atom. The van der Waals surface area contributed by atoms with Crippen LogP contribution in [0.3, 0.4) is 0 Å². The molecule has 0 unspecified atom stereocenters. The van der Waals surface area contributed by atoms with Crippen molar-refractivity contribution in [2.75, 3.05) is 0 Å². The number of urea groups is 1. The van der Waals surface area contributed by atoms with Gasteiger partial charge in [-0.1, -0.05) is 25.4 Å². The van der Waals surface area contributed by atoms with Crippen molar-refractivity contribution in [2.24, 2.45) is 0 Å². The molecular formula is C12H17ClN2O3S. The zero-order chi connectivity index (χ0) is 14.5. The number of nitrogens with one attached hydrogen (secondary N) is 2.